The van der Waals surface area contributed by atoms with Crippen LogP contribution in [0.5, 0.6) is 0 Å². The highest BCUT2D eigenvalue weighted by molar-refractivity contribution is 5.98. The summed E-state index contributed by atoms with van der Waals surface area (Å²) in [7, 11) is 1.46. The molecule has 4 heteroatoms. The molecule has 0 N–H and O–H groups in total. The zero-order valence-corrected chi connectivity index (χ0v) is 7.66. The molecular weight excluding hydrogens is 170 g/mol. The Morgan fingerprint density at radius 2 is 2.23 bits per heavy atom. The van der Waals surface area contributed by atoms with Gasteiger partial charge in [-0.1, -0.05) is 0 Å². The van der Waals surface area contributed by atoms with Gasteiger partial charge in [-0.2, -0.15) is 0 Å². The van der Waals surface area contributed by atoms with Gasteiger partial charge in [-0.25, -0.2) is 0 Å². The molecule has 0 bridgehead atoms. The molecule has 0 aromatic heterocycles. The topological polar surface area (TPSA) is 46.6 Å². The normalized spacial score (nSPS) is 16.7. The summed E-state index contributed by atoms with van der Waals surface area (Å²) < 4.78 is 4.72. The van der Waals surface area contributed by atoms with Crippen molar-refractivity contribution >= 4 is 12.1 Å². The Balaban J connectivity index is 2.61. The Kier molecular flexibility index (Phi) is 3.64. The molecule has 0 atom stereocenters. The van der Waals surface area contributed by atoms with E-state index in [9.17, 15) is 9.59 Å². The lowest BCUT2D eigenvalue weighted by atomic mass is 10.1. The zero-order chi connectivity index (χ0) is 9.68. The smallest absolute Gasteiger partial charge is 0.204 e. The van der Waals surface area contributed by atoms with E-state index in [2.05, 4.69) is 0 Å². The molecule has 1 rings (SSSR count). The van der Waals surface area contributed by atoms with Gasteiger partial charge < -0.3 is 9.64 Å². The summed E-state index contributed by atoms with van der Waals surface area (Å²) in [5, 5.41) is 0. The number of Topliss-reactive ketones (excluding diaryl/α,β-unsaturated/α-hetero) is 1. The van der Waals surface area contributed by atoms with Crippen LogP contribution in [-0.4, -0.2) is 43.8 Å². The highest BCUT2D eigenvalue weighted by atomic mass is 16.5. The summed E-state index contributed by atoms with van der Waals surface area (Å²) >= 11 is 0. The number of likely N-dealkylation sites (tertiary alicyclic amines) is 1. The van der Waals surface area contributed by atoms with Crippen molar-refractivity contribution in [2.24, 2.45) is 0 Å². The van der Waals surface area contributed by atoms with E-state index in [1.807, 2.05) is 4.90 Å². The van der Waals surface area contributed by atoms with Gasteiger partial charge in [-0.3, -0.25) is 9.59 Å². The fourth-order valence-corrected chi connectivity index (χ4v) is 1.20. The molecule has 0 radical (unpaired) electrons. The van der Waals surface area contributed by atoms with Crippen molar-refractivity contribution in [3.05, 3.63) is 11.8 Å². The molecule has 0 aromatic carbocycles. The lowest BCUT2D eigenvalue weighted by Crippen LogP contribution is -2.39. The van der Waals surface area contributed by atoms with Crippen LogP contribution < -0.4 is 0 Å². The van der Waals surface area contributed by atoms with E-state index in [1.54, 1.807) is 0 Å². The Hall–Kier alpha value is -1.16. The first-order chi connectivity index (χ1) is 6.29. The molecule has 1 saturated heterocycles. The summed E-state index contributed by atoms with van der Waals surface area (Å²) in [6.45, 7) is 1.75. The number of nitrogens with zero attached hydrogens (tertiary/aromatic N) is 1. The molecule has 0 aromatic rings. The maximum absolute atomic E-state index is 11.4. The lowest BCUT2D eigenvalue weighted by Gasteiger charge is -2.34. The second-order valence-electron chi connectivity index (χ2n) is 2.88. The van der Waals surface area contributed by atoms with Gasteiger partial charge in [0.25, 0.3) is 0 Å². The largest absolute Gasteiger partial charge is 0.376 e. The summed E-state index contributed by atoms with van der Waals surface area (Å²) in [6, 6.07) is 0. The van der Waals surface area contributed by atoms with Crippen LogP contribution in [0.25, 0.3) is 0 Å². The van der Waals surface area contributed by atoms with Crippen molar-refractivity contribution in [1.82, 2.24) is 4.90 Å². The van der Waals surface area contributed by atoms with Gasteiger partial charge >= 0.3 is 0 Å². The highest BCUT2D eigenvalue weighted by Gasteiger charge is 2.21. The van der Waals surface area contributed by atoms with Crippen molar-refractivity contribution in [2.45, 2.75) is 6.42 Å². The number of aldehydes is 1. The summed E-state index contributed by atoms with van der Waals surface area (Å²) in [5.74, 6) is -0.130. The summed E-state index contributed by atoms with van der Waals surface area (Å²) in [6.07, 6.45) is 3.03. The molecule has 0 aliphatic carbocycles. The number of ether oxygens (including phenoxy) is 1. The van der Waals surface area contributed by atoms with Gasteiger partial charge in [-0.15, -0.1) is 0 Å². The van der Waals surface area contributed by atoms with Crippen LogP contribution in [0, 0.1) is 0 Å². The second-order valence-corrected chi connectivity index (χ2v) is 2.88. The molecule has 13 heavy (non-hydrogen) atoms. The quantitative estimate of drug-likeness (QED) is 0.444. The second kappa shape index (κ2) is 4.77. The molecule has 0 spiro atoms. The first kappa shape index (κ1) is 9.92. The number of hydrogen-bond donors (Lipinski definition) is 0. The van der Waals surface area contributed by atoms with Crippen LogP contribution in [0.4, 0.5) is 0 Å². The van der Waals surface area contributed by atoms with E-state index in [1.165, 1.54) is 13.2 Å². The van der Waals surface area contributed by atoms with E-state index in [0.29, 0.717) is 12.0 Å². The Bertz CT molecular complexity index is 231. The fraction of sp³-hybridized carbons (Fsp3) is 0.556. The first-order valence-corrected chi connectivity index (χ1v) is 4.22. The average Bonchev–Trinajstić information content (AvgIpc) is 2.01. The van der Waals surface area contributed by atoms with Crippen molar-refractivity contribution in [3.8, 4) is 0 Å². The third kappa shape index (κ3) is 2.39. The first-order valence-electron chi connectivity index (χ1n) is 4.22. The van der Waals surface area contributed by atoms with Gasteiger partial charge in [-0.05, 0) is 6.42 Å². The minimum Gasteiger partial charge on any atom is -0.376 e. The number of ketones is 1. The van der Waals surface area contributed by atoms with Crippen LogP contribution in [-0.2, 0) is 14.3 Å². The third-order valence-electron chi connectivity index (χ3n) is 1.98. The number of hydrogen-bond acceptors (Lipinski definition) is 4. The average molecular weight is 183 g/mol. The van der Waals surface area contributed by atoms with Gasteiger partial charge in [0.2, 0.25) is 5.78 Å². The zero-order valence-electron chi connectivity index (χ0n) is 7.66. The summed E-state index contributed by atoms with van der Waals surface area (Å²) in [5.41, 5.74) is 0.475. The van der Waals surface area contributed by atoms with E-state index in [-0.39, 0.29) is 12.4 Å². The van der Waals surface area contributed by atoms with Crippen molar-refractivity contribution < 1.29 is 14.3 Å². The Morgan fingerprint density at radius 3 is 2.62 bits per heavy atom. The molecule has 4 nitrogen and oxygen atoms in total. The van der Waals surface area contributed by atoms with E-state index in [4.69, 9.17) is 4.74 Å². The predicted molar refractivity (Wildman–Crippen MR) is 47.2 cm³/mol. The standard InChI is InChI=1S/C9H13NO3/c1-13-7-9(12)8(3-6-11)10-4-2-5-10/h3,6H,2,4-5,7H2,1H3. The van der Waals surface area contributed by atoms with Gasteiger partial charge in [0.05, 0.1) is 5.70 Å². The molecule has 1 aliphatic rings. The molecule has 0 saturated carbocycles. The number of carbonyl (C=O) groups excluding carboxylic acids is 2. The number of carbonyl (C=O) groups is 2. The maximum atomic E-state index is 11.4. The van der Waals surface area contributed by atoms with E-state index < -0.39 is 0 Å². The molecule has 1 fully saturated rings. The number of methoxy groups -OCH3 is 1. The number of rotatable bonds is 5. The fourth-order valence-electron chi connectivity index (χ4n) is 1.20. The molecule has 0 unspecified atom stereocenters. The van der Waals surface area contributed by atoms with Gasteiger partial charge in [0.15, 0.2) is 0 Å². The molecule has 0 amide bonds. The van der Waals surface area contributed by atoms with Gasteiger partial charge in [0, 0.05) is 26.3 Å². The van der Waals surface area contributed by atoms with Crippen LogP contribution >= 0.6 is 0 Å². The monoisotopic (exact) mass is 183 g/mol. The van der Waals surface area contributed by atoms with Crippen LogP contribution in [0.15, 0.2) is 11.8 Å². The SMILES string of the molecule is COCC(=O)C(=CC=O)N1CCC1. The highest BCUT2D eigenvalue weighted by Crippen LogP contribution is 2.14. The molecular formula is C9H13NO3. The van der Waals surface area contributed by atoms with Gasteiger partial charge in [0.1, 0.15) is 12.9 Å². The van der Waals surface area contributed by atoms with Crippen LogP contribution in [0.1, 0.15) is 6.42 Å². The summed E-state index contributed by atoms with van der Waals surface area (Å²) in [4.78, 5) is 23.5. The number of allylic oxidation sites excluding steroid dienone is 1. The van der Waals surface area contributed by atoms with E-state index in [0.717, 1.165) is 19.5 Å². The molecule has 72 valence electrons. The van der Waals surface area contributed by atoms with Crippen molar-refractivity contribution in [2.75, 3.05) is 26.8 Å². The van der Waals surface area contributed by atoms with Crippen LogP contribution in [0.3, 0.4) is 0 Å². The van der Waals surface area contributed by atoms with Crippen molar-refractivity contribution in [3.63, 3.8) is 0 Å². The van der Waals surface area contributed by atoms with Crippen molar-refractivity contribution in [1.29, 1.82) is 0 Å². The Morgan fingerprint density at radius 1 is 1.54 bits per heavy atom. The molecule has 1 heterocycles. The maximum Gasteiger partial charge on any atom is 0.204 e. The third-order valence-corrected chi connectivity index (χ3v) is 1.98. The predicted octanol–water partition coefficient (Wildman–Crippen LogP) is -0.00960. The minimum atomic E-state index is -0.130. The Labute approximate surface area is 77.2 Å². The van der Waals surface area contributed by atoms with E-state index >= 15 is 0 Å². The minimum absolute atomic E-state index is 0.0379. The lowest BCUT2D eigenvalue weighted by molar-refractivity contribution is -0.121. The van der Waals surface area contributed by atoms with Crippen LogP contribution in [0.2, 0.25) is 0 Å². The molecule has 1 aliphatic heterocycles.